The molecule has 1 unspecified atom stereocenters. The van der Waals surface area contributed by atoms with Gasteiger partial charge in [0, 0.05) is 0 Å². The molecule has 1 N–H and O–H groups in total. The predicted molar refractivity (Wildman–Crippen MR) is 81.1 cm³/mol. The molecule has 2 rings (SSSR count). The van der Waals surface area contributed by atoms with Crippen molar-refractivity contribution in [3.63, 3.8) is 0 Å². The third-order valence-electron chi connectivity index (χ3n) is 4.73. The molecule has 1 atom stereocenters. The van der Waals surface area contributed by atoms with E-state index >= 15 is 0 Å². The average Bonchev–Trinajstić information content (AvgIpc) is 3.31. The summed E-state index contributed by atoms with van der Waals surface area (Å²) in [6.07, 6.45) is 1.90. The Morgan fingerprint density at radius 1 is 0.952 bits per heavy atom. The van der Waals surface area contributed by atoms with Crippen LogP contribution in [-0.2, 0) is 11.0 Å². The molecule has 0 spiro atoms. The van der Waals surface area contributed by atoms with E-state index in [1.165, 1.54) is 0 Å². The summed E-state index contributed by atoms with van der Waals surface area (Å²) in [6.45, 7) is 7.32. The zero-order valence-corrected chi connectivity index (χ0v) is 13.1. The first kappa shape index (κ1) is 15.5. The van der Waals surface area contributed by atoms with Crippen LogP contribution in [0.4, 0.5) is 0 Å². The summed E-state index contributed by atoms with van der Waals surface area (Å²) < 4.78 is 0. The molecule has 0 saturated heterocycles. The van der Waals surface area contributed by atoms with E-state index in [-0.39, 0.29) is 5.92 Å². The van der Waals surface area contributed by atoms with Gasteiger partial charge in [-0.2, -0.15) is 10.5 Å². The zero-order valence-electron chi connectivity index (χ0n) is 13.1. The molecule has 1 fully saturated rings. The maximum atomic E-state index is 11.2. The number of rotatable bonds is 4. The smallest absolute Gasteiger partial charge is 0.110 e. The summed E-state index contributed by atoms with van der Waals surface area (Å²) >= 11 is 0. The molecule has 3 nitrogen and oxygen atoms in total. The third-order valence-corrected chi connectivity index (χ3v) is 4.73. The lowest BCUT2D eigenvalue weighted by Crippen LogP contribution is -2.43. The van der Waals surface area contributed by atoms with Gasteiger partial charge in [0.2, 0.25) is 0 Å². The van der Waals surface area contributed by atoms with Gasteiger partial charge in [-0.1, -0.05) is 24.3 Å². The van der Waals surface area contributed by atoms with Crippen molar-refractivity contribution in [2.45, 2.75) is 51.6 Å². The number of aliphatic hydroxyl groups is 1. The molecule has 1 aromatic rings. The Labute approximate surface area is 126 Å². The summed E-state index contributed by atoms with van der Waals surface area (Å²) in [7, 11) is 0. The van der Waals surface area contributed by atoms with E-state index in [1.54, 1.807) is 13.8 Å². The van der Waals surface area contributed by atoms with E-state index in [9.17, 15) is 15.6 Å². The minimum atomic E-state index is -1.13. The second-order valence-electron chi connectivity index (χ2n) is 7.09. The van der Waals surface area contributed by atoms with Crippen LogP contribution >= 0.6 is 0 Å². The quantitative estimate of drug-likeness (QED) is 0.916. The Balaban J connectivity index is 2.46. The molecule has 0 aliphatic heterocycles. The largest absolute Gasteiger partial charge is 0.383 e. The van der Waals surface area contributed by atoms with E-state index in [2.05, 4.69) is 12.1 Å². The summed E-state index contributed by atoms with van der Waals surface area (Å²) in [5.74, 6) is 0.141. The normalized spacial score (nSPS) is 18.4. The third kappa shape index (κ3) is 2.43. The van der Waals surface area contributed by atoms with Gasteiger partial charge in [-0.3, -0.25) is 0 Å². The highest BCUT2D eigenvalue weighted by Gasteiger charge is 2.55. The number of nitrogens with zero attached hydrogens (tertiary/aromatic N) is 2. The highest BCUT2D eigenvalue weighted by molar-refractivity contribution is 5.37. The lowest BCUT2D eigenvalue weighted by Gasteiger charge is -2.39. The van der Waals surface area contributed by atoms with Crippen molar-refractivity contribution in [1.29, 1.82) is 10.5 Å². The van der Waals surface area contributed by atoms with Crippen LogP contribution in [0.3, 0.4) is 0 Å². The molecule has 0 heterocycles. The minimum Gasteiger partial charge on any atom is -0.383 e. The lowest BCUT2D eigenvalue weighted by atomic mass is 9.68. The van der Waals surface area contributed by atoms with Crippen molar-refractivity contribution in [2.75, 3.05) is 0 Å². The van der Waals surface area contributed by atoms with Crippen LogP contribution < -0.4 is 0 Å². The second kappa shape index (κ2) is 4.86. The summed E-state index contributed by atoms with van der Waals surface area (Å²) in [4.78, 5) is 0. The Morgan fingerprint density at radius 2 is 1.43 bits per heavy atom. The summed E-state index contributed by atoms with van der Waals surface area (Å²) in [5, 5.41) is 29.8. The van der Waals surface area contributed by atoms with Crippen molar-refractivity contribution >= 4 is 0 Å². The number of hydrogen-bond acceptors (Lipinski definition) is 3. The van der Waals surface area contributed by atoms with E-state index in [0.29, 0.717) is 0 Å². The first-order chi connectivity index (χ1) is 9.69. The van der Waals surface area contributed by atoms with Gasteiger partial charge in [0.25, 0.3) is 0 Å². The van der Waals surface area contributed by atoms with Crippen LogP contribution in [0.15, 0.2) is 24.3 Å². The first-order valence-electron chi connectivity index (χ1n) is 7.35. The topological polar surface area (TPSA) is 67.8 Å². The monoisotopic (exact) mass is 282 g/mol. The summed E-state index contributed by atoms with van der Waals surface area (Å²) in [6, 6.07) is 12.0. The molecular weight excluding hydrogens is 260 g/mol. The van der Waals surface area contributed by atoms with Crippen molar-refractivity contribution < 1.29 is 5.11 Å². The van der Waals surface area contributed by atoms with Crippen LogP contribution in [-0.4, -0.2) is 5.11 Å². The van der Waals surface area contributed by atoms with Gasteiger partial charge in [0.1, 0.15) is 5.60 Å². The fourth-order valence-corrected chi connectivity index (χ4v) is 2.90. The fraction of sp³-hybridized carbons (Fsp3) is 0.556. The Morgan fingerprint density at radius 3 is 1.81 bits per heavy atom. The molecule has 0 bridgehead atoms. The maximum absolute atomic E-state index is 11.2. The van der Waals surface area contributed by atoms with Crippen LogP contribution in [0.2, 0.25) is 0 Å². The van der Waals surface area contributed by atoms with Gasteiger partial charge in [-0.15, -0.1) is 0 Å². The fourth-order valence-electron chi connectivity index (χ4n) is 2.90. The lowest BCUT2D eigenvalue weighted by molar-refractivity contribution is -0.0654. The van der Waals surface area contributed by atoms with E-state index < -0.39 is 16.4 Å². The van der Waals surface area contributed by atoms with Gasteiger partial charge in [-0.05, 0) is 57.6 Å². The molecular formula is C18H22N2O. The Kier molecular flexibility index (Phi) is 3.60. The molecule has 110 valence electrons. The van der Waals surface area contributed by atoms with Crippen LogP contribution in [0.25, 0.3) is 0 Å². The highest BCUT2D eigenvalue weighted by atomic mass is 16.3. The van der Waals surface area contributed by atoms with Gasteiger partial charge >= 0.3 is 0 Å². The van der Waals surface area contributed by atoms with Crippen molar-refractivity contribution in [2.24, 2.45) is 11.3 Å². The molecule has 0 aromatic heterocycles. The average molecular weight is 282 g/mol. The van der Waals surface area contributed by atoms with Gasteiger partial charge in [-0.25, -0.2) is 0 Å². The number of benzene rings is 1. The second-order valence-corrected chi connectivity index (χ2v) is 7.09. The zero-order chi connectivity index (χ0) is 15.9. The SMILES string of the molecule is CC(C)(C#N)c1ccc(C(O)(C2CC2)C(C)(C)C#N)cc1. The van der Waals surface area contributed by atoms with Crippen molar-refractivity contribution in [3.05, 3.63) is 35.4 Å². The molecule has 0 amide bonds. The molecule has 1 aliphatic carbocycles. The van der Waals surface area contributed by atoms with Crippen LogP contribution in [0, 0.1) is 34.0 Å². The van der Waals surface area contributed by atoms with Gasteiger partial charge < -0.3 is 5.11 Å². The van der Waals surface area contributed by atoms with E-state index in [0.717, 1.165) is 24.0 Å². The molecule has 1 saturated carbocycles. The van der Waals surface area contributed by atoms with Crippen molar-refractivity contribution in [3.8, 4) is 12.1 Å². The Bertz CT molecular complexity index is 612. The molecule has 1 aromatic carbocycles. The summed E-state index contributed by atoms with van der Waals surface area (Å²) in [5.41, 5.74) is -0.839. The molecule has 3 heteroatoms. The van der Waals surface area contributed by atoms with Crippen LogP contribution in [0.1, 0.15) is 51.7 Å². The molecule has 0 radical (unpaired) electrons. The van der Waals surface area contributed by atoms with Crippen LogP contribution in [0.5, 0.6) is 0 Å². The molecule has 21 heavy (non-hydrogen) atoms. The number of nitriles is 2. The Hall–Kier alpha value is -1.84. The number of hydrogen-bond donors (Lipinski definition) is 1. The standard InChI is InChI=1S/C18H22N2O/c1-16(2,11-19)13-5-7-14(8-6-13)18(21,15-9-10-15)17(3,4)12-20/h5-8,15,21H,9-10H2,1-4H3. The van der Waals surface area contributed by atoms with Crippen molar-refractivity contribution in [1.82, 2.24) is 0 Å². The van der Waals surface area contributed by atoms with Gasteiger partial charge in [0.05, 0.1) is 23.0 Å². The van der Waals surface area contributed by atoms with Gasteiger partial charge in [0.15, 0.2) is 0 Å². The minimum absolute atomic E-state index is 0.141. The van der Waals surface area contributed by atoms with E-state index in [4.69, 9.17) is 0 Å². The maximum Gasteiger partial charge on any atom is 0.110 e. The highest BCUT2D eigenvalue weighted by Crippen LogP contribution is 2.54. The molecule has 1 aliphatic rings. The van der Waals surface area contributed by atoms with E-state index in [1.807, 2.05) is 38.1 Å². The predicted octanol–water partition coefficient (Wildman–Crippen LogP) is 3.64. The first-order valence-corrected chi connectivity index (χ1v) is 7.35.